The average Bonchev–Trinajstić information content (AvgIpc) is 2.90. The topological polar surface area (TPSA) is 38.3 Å². The molecule has 1 aliphatic carbocycles. The van der Waals surface area contributed by atoms with Crippen LogP contribution in [0, 0.1) is 11.7 Å². The second-order valence-electron chi connectivity index (χ2n) is 5.79. The zero-order valence-electron chi connectivity index (χ0n) is 11.7. The maximum Gasteiger partial charge on any atom is 0.182 e. The molecule has 4 heteroatoms. The molecule has 108 valence electrons. The quantitative estimate of drug-likeness (QED) is 0.863. The van der Waals surface area contributed by atoms with E-state index < -0.39 is 5.82 Å². The average molecular weight is 277 g/mol. The Hall–Kier alpha value is -1.42. The van der Waals surface area contributed by atoms with E-state index in [1.54, 1.807) is 12.1 Å². The van der Waals surface area contributed by atoms with Crippen molar-refractivity contribution in [2.45, 2.75) is 44.2 Å². The molecule has 1 saturated carbocycles. The summed E-state index contributed by atoms with van der Waals surface area (Å²) >= 11 is 0. The summed E-state index contributed by atoms with van der Waals surface area (Å²) in [6, 6.07) is 4.94. The first-order valence-electron chi connectivity index (χ1n) is 7.33. The maximum absolute atomic E-state index is 14.2. The number of benzene rings is 1. The molecular weight excluding hydrogens is 257 g/mol. The van der Waals surface area contributed by atoms with Crippen LogP contribution in [-0.4, -0.2) is 25.0 Å². The molecule has 2 fully saturated rings. The number of rotatable bonds is 3. The molecule has 1 heterocycles. The Bertz CT molecular complexity index is 503. The van der Waals surface area contributed by atoms with Gasteiger partial charge >= 0.3 is 0 Å². The molecule has 1 N–H and O–H groups in total. The third-order valence-corrected chi connectivity index (χ3v) is 4.63. The minimum absolute atomic E-state index is 0.131. The molecule has 0 bridgehead atoms. The van der Waals surface area contributed by atoms with Crippen molar-refractivity contribution in [3.63, 3.8) is 0 Å². The fourth-order valence-corrected chi connectivity index (χ4v) is 3.57. The van der Waals surface area contributed by atoms with E-state index >= 15 is 0 Å². The molecule has 3 nitrogen and oxygen atoms in total. The van der Waals surface area contributed by atoms with E-state index in [1.807, 2.05) is 0 Å². The SMILES string of the molecule is COc1cccc(C(=O)C2CC3CCCCC3N2)c1F. The first-order chi connectivity index (χ1) is 9.70. The number of methoxy groups -OCH3 is 1. The van der Waals surface area contributed by atoms with Crippen molar-refractivity contribution in [3.8, 4) is 5.75 Å². The van der Waals surface area contributed by atoms with Crippen LogP contribution in [0.3, 0.4) is 0 Å². The molecular formula is C16H20FNO2. The van der Waals surface area contributed by atoms with Crippen LogP contribution in [0.15, 0.2) is 18.2 Å². The lowest BCUT2D eigenvalue weighted by Gasteiger charge is -2.24. The minimum Gasteiger partial charge on any atom is -0.494 e. The summed E-state index contributed by atoms with van der Waals surface area (Å²) in [7, 11) is 1.41. The Kier molecular flexibility index (Phi) is 3.74. The molecule has 1 aromatic rings. The standard InChI is InChI=1S/C16H20FNO2/c1-20-14-8-4-6-11(15(14)17)16(19)13-9-10-5-2-3-7-12(10)18-13/h4,6,8,10,12-13,18H,2-3,5,7,9H2,1H3. The maximum atomic E-state index is 14.2. The second kappa shape index (κ2) is 5.52. The number of hydrogen-bond acceptors (Lipinski definition) is 3. The van der Waals surface area contributed by atoms with Crippen LogP contribution in [0.2, 0.25) is 0 Å². The zero-order chi connectivity index (χ0) is 14.1. The van der Waals surface area contributed by atoms with Gasteiger partial charge in [0.1, 0.15) is 0 Å². The van der Waals surface area contributed by atoms with E-state index in [0.717, 1.165) is 12.8 Å². The summed E-state index contributed by atoms with van der Waals surface area (Å²) in [5.41, 5.74) is 0.139. The molecule has 1 aliphatic heterocycles. The van der Waals surface area contributed by atoms with Gasteiger partial charge in [0.25, 0.3) is 0 Å². The number of halogens is 1. The summed E-state index contributed by atoms with van der Waals surface area (Å²) in [6.45, 7) is 0. The van der Waals surface area contributed by atoms with Gasteiger partial charge < -0.3 is 10.1 Å². The van der Waals surface area contributed by atoms with Crippen molar-refractivity contribution in [1.82, 2.24) is 5.32 Å². The Morgan fingerprint density at radius 2 is 2.15 bits per heavy atom. The summed E-state index contributed by atoms with van der Waals surface area (Å²) in [4.78, 5) is 12.5. The summed E-state index contributed by atoms with van der Waals surface area (Å²) in [6.07, 6.45) is 5.62. The first kappa shape index (κ1) is 13.6. The molecule has 0 spiro atoms. The molecule has 0 amide bonds. The normalized spacial score (nSPS) is 29.0. The van der Waals surface area contributed by atoms with Gasteiger partial charge in [-0.1, -0.05) is 18.9 Å². The lowest BCUT2D eigenvalue weighted by Crippen LogP contribution is -2.37. The Balaban J connectivity index is 1.80. The number of carbonyl (C=O) groups excluding carboxylic acids is 1. The van der Waals surface area contributed by atoms with Gasteiger partial charge in [-0.3, -0.25) is 4.79 Å². The minimum atomic E-state index is -0.545. The Morgan fingerprint density at radius 1 is 1.35 bits per heavy atom. The molecule has 2 aliphatic rings. The van der Waals surface area contributed by atoms with E-state index in [-0.39, 0.29) is 23.1 Å². The van der Waals surface area contributed by atoms with Crippen LogP contribution < -0.4 is 10.1 Å². The van der Waals surface area contributed by atoms with E-state index in [4.69, 9.17) is 4.74 Å². The van der Waals surface area contributed by atoms with Crippen LogP contribution in [-0.2, 0) is 0 Å². The Morgan fingerprint density at radius 3 is 2.90 bits per heavy atom. The summed E-state index contributed by atoms with van der Waals surface area (Å²) in [5, 5.41) is 3.40. The predicted octanol–water partition coefficient (Wildman–Crippen LogP) is 2.94. The molecule has 0 radical (unpaired) electrons. The number of hydrogen-bond donors (Lipinski definition) is 1. The van der Waals surface area contributed by atoms with Gasteiger partial charge in [-0.25, -0.2) is 4.39 Å². The smallest absolute Gasteiger partial charge is 0.182 e. The van der Waals surface area contributed by atoms with Crippen LogP contribution >= 0.6 is 0 Å². The van der Waals surface area contributed by atoms with Gasteiger partial charge in [-0.05, 0) is 37.3 Å². The van der Waals surface area contributed by atoms with Crippen LogP contribution in [0.5, 0.6) is 5.75 Å². The van der Waals surface area contributed by atoms with Crippen LogP contribution in [0.4, 0.5) is 4.39 Å². The molecule has 3 rings (SSSR count). The number of carbonyl (C=O) groups is 1. The zero-order valence-corrected chi connectivity index (χ0v) is 11.7. The molecule has 3 atom stereocenters. The van der Waals surface area contributed by atoms with Gasteiger partial charge in [0.15, 0.2) is 17.3 Å². The van der Waals surface area contributed by atoms with Gasteiger partial charge in [0.05, 0.1) is 18.7 Å². The van der Waals surface area contributed by atoms with E-state index in [9.17, 15) is 9.18 Å². The molecule has 1 saturated heterocycles. The van der Waals surface area contributed by atoms with Crippen molar-refractivity contribution >= 4 is 5.78 Å². The number of ether oxygens (including phenoxy) is 1. The first-order valence-corrected chi connectivity index (χ1v) is 7.33. The number of fused-ring (bicyclic) bond motifs is 1. The summed E-state index contributed by atoms with van der Waals surface area (Å²) in [5.74, 6) is 0.0186. The molecule has 20 heavy (non-hydrogen) atoms. The van der Waals surface area contributed by atoms with Crippen molar-refractivity contribution < 1.29 is 13.9 Å². The predicted molar refractivity (Wildman–Crippen MR) is 74.6 cm³/mol. The Labute approximate surface area is 118 Å². The fraction of sp³-hybridized carbons (Fsp3) is 0.562. The highest BCUT2D eigenvalue weighted by Gasteiger charge is 2.39. The number of Topliss-reactive ketones (excluding diaryl/α,β-unsaturated/α-hetero) is 1. The molecule has 0 aromatic heterocycles. The van der Waals surface area contributed by atoms with Crippen molar-refractivity contribution in [2.24, 2.45) is 5.92 Å². The van der Waals surface area contributed by atoms with E-state index in [0.29, 0.717) is 12.0 Å². The van der Waals surface area contributed by atoms with Crippen LogP contribution in [0.25, 0.3) is 0 Å². The largest absolute Gasteiger partial charge is 0.494 e. The second-order valence-corrected chi connectivity index (χ2v) is 5.79. The van der Waals surface area contributed by atoms with Gasteiger partial charge in [-0.2, -0.15) is 0 Å². The monoisotopic (exact) mass is 277 g/mol. The number of ketones is 1. The highest BCUT2D eigenvalue weighted by atomic mass is 19.1. The van der Waals surface area contributed by atoms with Gasteiger partial charge in [-0.15, -0.1) is 0 Å². The highest BCUT2D eigenvalue weighted by molar-refractivity contribution is 6.01. The van der Waals surface area contributed by atoms with E-state index in [2.05, 4.69) is 5.32 Å². The van der Waals surface area contributed by atoms with Crippen molar-refractivity contribution in [2.75, 3.05) is 7.11 Å². The number of nitrogens with one attached hydrogen (secondary N) is 1. The fourth-order valence-electron chi connectivity index (χ4n) is 3.57. The van der Waals surface area contributed by atoms with Gasteiger partial charge in [0.2, 0.25) is 0 Å². The molecule has 3 unspecified atom stereocenters. The van der Waals surface area contributed by atoms with Crippen molar-refractivity contribution in [3.05, 3.63) is 29.6 Å². The van der Waals surface area contributed by atoms with E-state index in [1.165, 1.54) is 32.4 Å². The van der Waals surface area contributed by atoms with Gasteiger partial charge in [0, 0.05) is 6.04 Å². The lowest BCUT2D eigenvalue weighted by atomic mass is 9.84. The molecule has 1 aromatic carbocycles. The third-order valence-electron chi connectivity index (χ3n) is 4.63. The van der Waals surface area contributed by atoms with Crippen molar-refractivity contribution in [1.29, 1.82) is 0 Å². The third kappa shape index (κ3) is 2.33. The summed E-state index contributed by atoms with van der Waals surface area (Å²) < 4.78 is 19.1. The highest BCUT2D eigenvalue weighted by Crippen LogP contribution is 2.34. The lowest BCUT2D eigenvalue weighted by molar-refractivity contribution is 0.0944. The van der Waals surface area contributed by atoms with Crippen LogP contribution in [0.1, 0.15) is 42.5 Å².